The molecule has 36 heavy (non-hydrogen) atoms. The van der Waals surface area contributed by atoms with E-state index in [1.807, 2.05) is 13.8 Å². The number of hydrogen-bond donors (Lipinski definition) is 1. The number of Topliss-reactive ketones (excluding diaryl/α,β-unsaturated/α-hetero) is 1. The summed E-state index contributed by atoms with van der Waals surface area (Å²) in [4.78, 5) is 28.0. The van der Waals surface area contributed by atoms with E-state index in [0.29, 0.717) is 24.3 Å². The minimum absolute atomic E-state index is 0.0171. The van der Waals surface area contributed by atoms with E-state index >= 15 is 0 Å². The monoisotopic (exact) mass is 537 g/mol. The van der Waals surface area contributed by atoms with Crippen LogP contribution in [0.25, 0.3) is 5.76 Å². The number of halogens is 2. The predicted octanol–water partition coefficient (Wildman–Crippen LogP) is 5.26. The molecule has 0 saturated carbocycles. The van der Waals surface area contributed by atoms with Gasteiger partial charge in [-0.1, -0.05) is 41.4 Å². The van der Waals surface area contributed by atoms with E-state index in [2.05, 4.69) is 0 Å². The SMILES string of the molecule is COCCCN1C(=O)C(=O)/C(=C(/O)c2cc(Cl)c(OC)c(Cl)c2OC)C1c1ccccc1OC(C)C. The zero-order valence-electron chi connectivity index (χ0n) is 20.8. The highest BCUT2D eigenvalue weighted by molar-refractivity contribution is 6.47. The summed E-state index contributed by atoms with van der Waals surface area (Å²) in [6.07, 6.45) is 0.317. The van der Waals surface area contributed by atoms with Crippen LogP contribution in [-0.2, 0) is 14.3 Å². The van der Waals surface area contributed by atoms with Crippen LogP contribution in [0.15, 0.2) is 35.9 Å². The van der Waals surface area contributed by atoms with Gasteiger partial charge >= 0.3 is 0 Å². The third kappa shape index (κ3) is 5.26. The summed E-state index contributed by atoms with van der Waals surface area (Å²) in [5.41, 5.74) is 0.470. The number of methoxy groups -OCH3 is 3. The second-order valence-corrected chi connectivity index (χ2v) is 9.11. The third-order valence-electron chi connectivity index (χ3n) is 5.66. The molecule has 0 radical (unpaired) electrons. The lowest BCUT2D eigenvalue weighted by atomic mass is 9.94. The smallest absolute Gasteiger partial charge is 0.295 e. The molecular weight excluding hydrogens is 509 g/mol. The molecule has 1 aliphatic rings. The number of para-hydroxylation sites is 1. The minimum Gasteiger partial charge on any atom is -0.507 e. The molecule has 3 rings (SSSR count). The quantitative estimate of drug-likeness (QED) is 0.191. The number of nitrogens with zero attached hydrogens (tertiary/aromatic N) is 1. The van der Waals surface area contributed by atoms with E-state index in [1.54, 1.807) is 31.4 Å². The van der Waals surface area contributed by atoms with Gasteiger partial charge in [0.25, 0.3) is 11.7 Å². The Bertz CT molecular complexity index is 1180. The Balaban J connectivity index is 2.30. The maximum Gasteiger partial charge on any atom is 0.295 e. The molecular formula is C26H29Cl2NO7. The Morgan fingerprint density at radius 1 is 1.08 bits per heavy atom. The van der Waals surface area contributed by atoms with Crippen LogP contribution >= 0.6 is 23.2 Å². The zero-order chi connectivity index (χ0) is 26.6. The van der Waals surface area contributed by atoms with Crippen LogP contribution < -0.4 is 14.2 Å². The maximum absolute atomic E-state index is 13.4. The molecule has 1 saturated heterocycles. The predicted molar refractivity (Wildman–Crippen MR) is 137 cm³/mol. The summed E-state index contributed by atoms with van der Waals surface area (Å²) in [5, 5.41) is 11.6. The topological polar surface area (TPSA) is 94.5 Å². The number of aliphatic hydroxyl groups excluding tert-OH is 1. The lowest BCUT2D eigenvalue weighted by Crippen LogP contribution is -2.31. The zero-order valence-corrected chi connectivity index (χ0v) is 22.3. The molecule has 1 fully saturated rings. The van der Waals surface area contributed by atoms with Gasteiger partial charge in [0, 0.05) is 25.8 Å². The van der Waals surface area contributed by atoms with Gasteiger partial charge in [0.05, 0.1) is 42.5 Å². The van der Waals surface area contributed by atoms with Crippen molar-refractivity contribution in [1.82, 2.24) is 4.90 Å². The Kier molecular flexibility index (Phi) is 9.11. The first kappa shape index (κ1) is 27.6. The van der Waals surface area contributed by atoms with Crippen LogP contribution in [0.5, 0.6) is 17.2 Å². The lowest BCUT2D eigenvalue weighted by molar-refractivity contribution is -0.140. The van der Waals surface area contributed by atoms with Gasteiger partial charge in [-0.25, -0.2) is 0 Å². The van der Waals surface area contributed by atoms with Crippen molar-refractivity contribution in [2.75, 3.05) is 34.5 Å². The summed E-state index contributed by atoms with van der Waals surface area (Å²) >= 11 is 12.8. The summed E-state index contributed by atoms with van der Waals surface area (Å²) < 4.78 is 21.8. The highest BCUT2D eigenvalue weighted by Gasteiger charge is 2.47. The van der Waals surface area contributed by atoms with Gasteiger partial charge < -0.3 is 29.0 Å². The minimum atomic E-state index is -0.929. The highest BCUT2D eigenvalue weighted by atomic mass is 35.5. The van der Waals surface area contributed by atoms with Crippen molar-refractivity contribution >= 4 is 40.7 Å². The number of aliphatic hydroxyl groups is 1. The molecule has 1 aliphatic heterocycles. The summed E-state index contributed by atoms with van der Waals surface area (Å²) in [5.74, 6) is -1.39. The molecule has 2 aromatic rings. The number of rotatable bonds is 10. The van der Waals surface area contributed by atoms with E-state index in [4.69, 9.17) is 42.1 Å². The fraction of sp³-hybridized carbons (Fsp3) is 0.385. The summed E-state index contributed by atoms with van der Waals surface area (Å²) in [6, 6.07) is 7.54. The van der Waals surface area contributed by atoms with Crippen molar-refractivity contribution in [2.45, 2.75) is 32.4 Å². The van der Waals surface area contributed by atoms with E-state index in [1.165, 1.54) is 25.2 Å². The average Bonchev–Trinajstić information content (AvgIpc) is 3.08. The molecule has 1 N–H and O–H groups in total. The van der Waals surface area contributed by atoms with Crippen molar-refractivity contribution in [3.05, 3.63) is 57.1 Å². The number of likely N-dealkylation sites (tertiary alicyclic amines) is 1. The molecule has 0 aliphatic carbocycles. The van der Waals surface area contributed by atoms with Crippen molar-refractivity contribution in [2.24, 2.45) is 0 Å². The second-order valence-electron chi connectivity index (χ2n) is 8.33. The molecule has 8 nitrogen and oxygen atoms in total. The van der Waals surface area contributed by atoms with Gasteiger partial charge in [0.15, 0.2) is 11.5 Å². The van der Waals surface area contributed by atoms with Crippen molar-refractivity contribution in [3.8, 4) is 17.2 Å². The second kappa shape index (κ2) is 11.9. The molecule has 0 bridgehead atoms. The number of hydrogen-bond acceptors (Lipinski definition) is 7. The fourth-order valence-corrected chi connectivity index (χ4v) is 4.86. The van der Waals surface area contributed by atoms with Gasteiger partial charge in [0.1, 0.15) is 16.5 Å². The number of carbonyl (C=O) groups is 2. The van der Waals surface area contributed by atoms with E-state index in [0.717, 1.165) is 0 Å². The standard InChI is InChI=1S/C26H29Cl2NO7/c1-14(2)36-18-10-7-6-9-15(18)21-19(23(31)26(32)29(21)11-8-12-33-3)22(30)16-13-17(27)25(35-5)20(28)24(16)34-4/h6-7,9-10,13-14,21,30H,8,11-12H2,1-5H3/b22-19+. The first-order valence-corrected chi connectivity index (χ1v) is 12.1. The van der Waals surface area contributed by atoms with E-state index in [9.17, 15) is 14.7 Å². The molecule has 1 amide bonds. The van der Waals surface area contributed by atoms with Crippen LogP contribution in [0, 0.1) is 0 Å². The summed E-state index contributed by atoms with van der Waals surface area (Å²) in [6.45, 7) is 4.35. The van der Waals surface area contributed by atoms with Crippen LogP contribution in [0.2, 0.25) is 10.0 Å². The van der Waals surface area contributed by atoms with Crippen molar-refractivity contribution in [1.29, 1.82) is 0 Å². The van der Waals surface area contributed by atoms with E-state index in [-0.39, 0.29) is 45.3 Å². The number of amides is 1. The normalized spacial score (nSPS) is 17.1. The third-order valence-corrected chi connectivity index (χ3v) is 6.28. The van der Waals surface area contributed by atoms with Gasteiger partial charge in [-0.15, -0.1) is 0 Å². The van der Waals surface area contributed by atoms with Crippen molar-refractivity contribution in [3.63, 3.8) is 0 Å². The molecule has 0 aromatic heterocycles. The average molecular weight is 538 g/mol. The Hall–Kier alpha value is -2.94. The Morgan fingerprint density at radius 3 is 2.36 bits per heavy atom. The lowest BCUT2D eigenvalue weighted by Gasteiger charge is -2.27. The maximum atomic E-state index is 13.4. The molecule has 10 heteroatoms. The van der Waals surface area contributed by atoms with Crippen molar-refractivity contribution < 1.29 is 33.6 Å². The first-order chi connectivity index (χ1) is 17.2. The van der Waals surface area contributed by atoms with Gasteiger partial charge in [0.2, 0.25) is 0 Å². The van der Waals surface area contributed by atoms with E-state index < -0.39 is 23.5 Å². The number of ether oxygens (including phenoxy) is 4. The Labute approximate surface area is 220 Å². The van der Waals surface area contributed by atoms with Crippen LogP contribution in [-0.4, -0.2) is 62.3 Å². The van der Waals surface area contributed by atoms with Gasteiger partial charge in [-0.05, 0) is 32.4 Å². The number of ketones is 1. The van der Waals surface area contributed by atoms with Crippen LogP contribution in [0.1, 0.15) is 37.4 Å². The number of benzene rings is 2. The van der Waals surface area contributed by atoms with Crippen LogP contribution in [0.4, 0.5) is 0 Å². The summed E-state index contributed by atoms with van der Waals surface area (Å²) in [7, 11) is 4.31. The molecule has 1 unspecified atom stereocenters. The molecule has 1 atom stereocenters. The molecule has 2 aromatic carbocycles. The first-order valence-electron chi connectivity index (χ1n) is 11.3. The van der Waals surface area contributed by atoms with Gasteiger partial charge in [-0.3, -0.25) is 9.59 Å². The largest absolute Gasteiger partial charge is 0.507 e. The fourth-order valence-electron chi connectivity index (χ4n) is 4.17. The molecule has 194 valence electrons. The molecule has 0 spiro atoms. The highest BCUT2D eigenvalue weighted by Crippen LogP contribution is 2.48. The van der Waals surface area contributed by atoms with Crippen LogP contribution in [0.3, 0.4) is 0 Å². The van der Waals surface area contributed by atoms with Gasteiger partial charge in [-0.2, -0.15) is 0 Å². The molecule has 1 heterocycles. The Morgan fingerprint density at radius 2 is 1.75 bits per heavy atom. The number of carbonyl (C=O) groups excluding carboxylic acids is 2.